The fourth-order valence-electron chi connectivity index (χ4n) is 2.99. The molecule has 132 valence electrons. The molecule has 1 atom stereocenters. The van der Waals surface area contributed by atoms with Crippen LogP contribution in [0.1, 0.15) is 28.4 Å². The summed E-state index contributed by atoms with van der Waals surface area (Å²) in [5.74, 6) is 2.06. The second-order valence-electron chi connectivity index (χ2n) is 6.44. The lowest BCUT2D eigenvalue weighted by molar-refractivity contribution is 0.0766. The van der Waals surface area contributed by atoms with Crippen LogP contribution in [0.3, 0.4) is 0 Å². The van der Waals surface area contributed by atoms with Crippen molar-refractivity contribution >= 4 is 11.7 Å². The average molecular weight is 341 g/mol. The molecule has 0 N–H and O–H groups in total. The highest BCUT2D eigenvalue weighted by atomic mass is 16.5. The van der Waals surface area contributed by atoms with Crippen molar-refractivity contribution in [1.82, 2.24) is 19.9 Å². The van der Waals surface area contributed by atoms with Gasteiger partial charge >= 0.3 is 0 Å². The van der Waals surface area contributed by atoms with Crippen LogP contribution in [0.25, 0.3) is 0 Å². The van der Waals surface area contributed by atoms with Gasteiger partial charge in [0.05, 0.1) is 6.54 Å². The van der Waals surface area contributed by atoms with Gasteiger partial charge in [0, 0.05) is 39.0 Å². The van der Waals surface area contributed by atoms with Gasteiger partial charge in [0.1, 0.15) is 17.6 Å². The molecular formula is C18H23N5O2. The van der Waals surface area contributed by atoms with Crippen molar-refractivity contribution in [1.29, 1.82) is 0 Å². The van der Waals surface area contributed by atoms with E-state index in [-0.39, 0.29) is 12.0 Å². The summed E-state index contributed by atoms with van der Waals surface area (Å²) in [5.41, 5.74) is 1.25. The maximum Gasteiger partial charge on any atom is 0.272 e. The van der Waals surface area contributed by atoms with Crippen molar-refractivity contribution in [3.8, 4) is 5.75 Å². The first-order valence-corrected chi connectivity index (χ1v) is 8.34. The Balaban J connectivity index is 1.69. The quantitative estimate of drug-likeness (QED) is 0.845. The zero-order chi connectivity index (χ0) is 18.0. The van der Waals surface area contributed by atoms with Crippen molar-refractivity contribution in [3.05, 3.63) is 41.6 Å². The van der Waals surface area contributed by atoms with E-state index in [0.29, 0.717) is 24.6 Å². The lowest BCUT2D eigenvalue weighted by Crippen LogP contribution is -2.32. The van der Waals surface area contributed by atoms with E-state index < -0.39 is 0 Å². The van der Waals surface area contributed by atoms with Crippen molar-refractivity contribution in [3.63, 3.8) is 0 Å². The van der Waals surface area contributed by atoms with E-state index in [1.807, 2.05) is 38.1 Å². The van der Waals surface area contributed by atoms with Crippen LogP contribution < -0.4 is 9.64 Å². The summed E-state index contributed by atoms with van der Waals surface area (Å²) in [5, 5.41) is 0. The fraction of sp³-hybridized carbons (Fsp3) is 0.444. The largest absolute Gasteiger partial charge is 0.485 e. The predicted molar refractivity (Wildman–Crippen MR) is 95.0 cm³/mol. The molecule has 1 amide bonds. The van der Waals surface area contributed by atoms with E-state index in [1.165, 1.54) is 0 Å². The molecule has 0 radical (unpaired) electrons. The average Bonchev–Trinajstić information content (AvgIpc) is 3.02. The number of ether oxygens (including phenoxy) is 1. The van der Waals surface area contributed by atoms with Gasteiger partial charge in [-0.25, -0.2) is 15.0 Å². The molecule has 7 heteroatoms. The smallest absolute Gasteiger partial charge is 0.272 e. The number of likely N-dealkylation sites (tertiary alicyclic amines) is 1. The van der Waals surface area contributed by atoms with Gasteiger partial charge in [0.25, 0.3) is 5.91 Å². The lowest BCUT2D eigenvalue weighted by Gasteiger charge is -2.20. The number of amides is 1. The Bertz CT molecular complexity index is 758. The SMILES string of the molecule is Cc1cc(C(=O)N2CCC(Oc3cccnc3N(C)C)C2)nc(C)n1. The zero-order valence-corrected chi connectivity index (χ0v) is 15.1. The van der Waals surface area contributed by atoms with Gasteiger partial charge < -0.3 is 14.5 Å². The molecule has 0 aromatic carbocycles. The molecule has 2 aromatic rings. The number of carbonyl (C=O) groups excluding carboxylic acids is 1. The van der Waals surface area contributed by atoms with Crippen molar-refractivity contribution in [2.75, 3.05) is 32.1 Å². The Kier molecular flexibility index (Phi) is 4.83. The Hall–Kier alpha value is -2.70. The number of hydrogen-bond acceptors (Lipinski definition) is 6. The maximum atomic E-state index is 12.7. The zero-order valence-electron chi connectivity index (χ0n) is 15.1. The van der Waals surface area contributed by atoms with E-state index in [0.717, 1.165) is 23.7 Å². The topological polar surface area (TPSA) is 71.5 Å². The van der Waals surface area contributed by atoms with Crippen LogP contribution in [0.4, 0.5) is 5.82 Å². The molecule has 0 saturated carbocycles. The number of nitrogens with zero attached hydrogens (tertiary/aromatic N) is 5. The van der Waals surface area contributed by atoms with Gasteiger partial charge in [-0.3, -0.25) is 4.79 Å². The van der Waals surface area contributed by atoms with Gasteiger partial charge in [-0.15, -0.1) is 0 Å². The molecule has 25 heavy (non-hydrogen) atoms. The van der Waals surface area contributed by atoms with E-state index in [9.17, 15) is 4.79 Å². The molecule has 1 unspecified atom stereocenters. The summed E-state index contributed by atoms with van der Waals surface area (Å²) in [6.45, 7) is 4.86. The number of anilines is 1. The Morgan fingerprint density at radius 2 is 2.12 bits per heavy atom. The molecule has 1 aliphatic rings. The third-order valence-corrected chi connectivity index (χ3v) is 4.09. The van der Waals surface area contributed by atoms with Crippen LogP contribution in [-0.2, 0) is 0 Å². The summed E-state index contributed by atoms with van der Waals surface area (Å²) in [4.78, 5) is 29.2. The fourth-order valence-corrected chi connectivity index (χ4v) is 2.99. The third-order valence-electron chi connectivity index (χ3n) is 4.09. The standard InChI is InChI=1S/C18H23N5O2/c1-12-10-15(21-13(2)20-12)18(24)23-9-7-14(11-23)25-16-6-5-8-19-17(16)22(3)4/h5-6,8,10,14H,7,9,11H2,1-4H3. The third kappa shape index (κ3) is 3.87. The highest BCUT2D eigenvalue weighted by molar-refractivity contribution is 5.92. The van der Waals surface area contributed by atoms with Crippen LogP contribution in [0.5, 0.6) is 5.75 Å². The molecule has 2 aromatic heterocycles. The minimum atomic E-state index is -0.0706. The first-order chi connectivity index (χ1) is 11.9. The summed E-state index contributed by atoms with van der Waals surface area (Å²) in [7, 11) is 3.86. The van der Waals surface area contributed by atoms with E-state index in [1.54, 1.807) is 24.1 Å². The number of rotatable bonds is 4. The molecule has 1 aliphatic heterocycles. The summed E-state index contributed by atoms with van der Waals surface area (Å²) < 4.78 is 6.10. The molecule has 3 rings (SSSR count). The second-order valence-corrected chi connectivity index (χ2v) is 6.44. The van der Waals surface area contributed by atoms with Gasteiger partial charge in [0.15, 0.2) is 11.6 Å². The van der Waals surface area contributed by atoms with E-state index >= 15 is 0 Å². The molecule has 7 nitrogen and oxygen atoms in total. The number of pyridine rings is 1. The van der Waals surface area contributed by atoms with Gasteiger partial charge in [-0.05, 0) is 32.0 Å². The Morgan fingerprint density at radius 3 is 2.84 bits per heavy atom. The van der Waals surface area contributed by atoms with Gasteiger partial charge in [0.2, 0.25) is 0 Å². The van der Waals surface area contributed by atoms with Crippen molar-refractivity contribution < 1.29 is 9.53 Å². The number of carbonyl (C=O) groups is 1. The molecule has 1 fully saturated rings. The first-order valence-electron chi connectivity index (χ1n) is 8.34. The predicted octanol–water partition coefficient (Wildman–Crippen LogP) is 1.85. The highest BCUT2D eigenvalue weighted by Crippen LogP contribution is 2.27. The minimum Gasteiger partial charge on any atom is -0.485 e. The second kappa shape index (κ2) is 7.04. The van der Waals surface area contributed by atoms with Crippen LogP contribution >= 0.6 is 0 Å². The minimum absolute atomic E-state index is 0.0455. The summed E-state index contributed by atoms with van der Waals surface area (Å²) in [6.07, 6.45) is 2.49. The summed E-state index contributed by atoms with van der Waals surface area (Å²) in [6, 6.07) is 5.49. The molecule has 0 aliphatic carbocycles. The van der Waals surface area contributed by atoms with Crippen LogP contribution in [0.2, 0.25) is 0 Å². The normalized spacial score (nSPS) is 16.8. The number of hydrogen-bond donors (Lipinski definition) is 0. The first kappa shape index (κ1) is 17.1. The van der Waals surface area contributed by atoms with Crippen LogP contribution in [0.15, 0.2) is 24.4 Å². The van der Waals surface area contributed by atoms with Gasteiger partial charge in [-0.2, -0.15) is 0 Å². The number of aromatic nitrogens is 3. The highest BCUT2D eigenvalue weighted by Gasteiger charge is 2.29. The molecule has 0 bridgehead atoms. The Labute approximate surface area is 147 Å². The molecular weight excluding hydrogens is 318 g/mol. The van der Waals surface area contributed by atoms with E-state index in [4.69, 9.17) is 4.74 Å². The van der Waals surface area contributed by atoms with E-state index in [2.05, 4.69) is 15.0 Å². The molecule has 3 heterocycles. The van der Waals surface area contributed by atoms with Crippen molar-refractivity contribution in [2.45, 2.75) is 26.4 Å². The lowest BCUT2D eigenvalue weighted by atomic mass is 10.3. The maximum absolute atomic E-state index is 12.7. The summed E-state index contributed by atoms with van der Waals surface area (Å²) >= 11 is 0. The molecule has 1 saturated heterocycles. The molecule has 0 spiro atoms. The van der Waals surface area contributed by atoms with Crippen molar-refractivity contribution in [2.24, 2.45) is 0 Å². The van der Waals surface area contributed by atoms with Crippen LogP contribution in [0, 0.1) is 13.8 Å². The Morgan fingerprint density at radius 1 is 1.32 bits per heavy atom. The number of aryl methyl sites for hydroxylation is 2. The monoisotopic (exact) mass is 341 g/mol. The van der Waals surface area contributed by atoms with Crippen LogP contribution in [-0.4, -0.2) is 59.0 Å². The van der Waals surface area contributed by atoms with Gasteiger partial charge in [-0.1, -0.05) is 0 Å².